The zero-order valence-electron chi connectivity index (χ0n) is 20.1. The fourth-order valence-corrected chi connectivity index (χ4v) is 6.47. The highest BCUT2D eigenvalue weighted by molar-refractivity contribution is 6.40. The van der Waals surface area contributed by atoms with Crippen LogP contribution in [0, 0.1) is 11.8 Å². The van der Waals surface area contributed by atoms with Gasteiger partial charge in [0.2, 0.25) is 0 Å². The van der Waals surface area contributed by atoms with Crippen LogP contribution in [-0.4, -0.2) is 28.7 Å². The molecule has 3 aromatic carbocycles. The summed E-state index contributed by atoms with van der Waals surface area (Å²) in [7, 11) is 0. The number of hydrogen-bond acceptors (Lipinski definition) is 6. The second kappa shape index (κ2) is 9.37. The Kier molecular flexibility index (Phi) is 5.95. The van der Waals surface area contributed by atoms with Crippen molar-refractivity contribution < 1.29 is 19.2 Å². The number of aromatic nitrogens is 1. The molecule has 6 nitrogen and oxygen atoms in total. The van der Waals surface area contributed by atoms with Crippen molar-refractivity contribution in [2.75, 3.05) is 6.61 Å². The van der Waals surface area contributed by atoms with E-state index in [4.69, 9.17) is 48.9 Å². The smallest absolute Gasteiger partial charge is 0.259 e. The summed E-state index contributed by atoms with van der Waals surface area (Å²) in [5.74, 6) is 1.61. The number of aromatic hydroxyl groups is 1. The van der Waals surface area contributed by atoms with Crippen molar-refractivity contribution in [3.8, 4) is 11.6 Å². The van der Waals surface area contributed by atoms with E-state index in [0.29, 0.717) is 61.7 Å². The third-order valence-corrected chi connectivity index (χ3v) is 8.78. The first-order chi connectivity index (χ1) is 18.5. The number of benzene rings is 3. The zero-order chi connectivity index (χ0) is 26.0. The number of nitrogens with zero attached hydrogens (tertiary/aromatic N) is 2. The third-order valence-electron chi connectivity index (χ3n) is 7.82. The van der Waals surface area contributed by atoms with Gasteiger partial charge in [0.05, 0.1) is 21.3 Å². The van der Waals surface area contributed by atoms with Crippen LogP contribution in [0.5, 0.6) is 11.6 Å². The van der Waals surface area contributed by atoms with E-state index < -0.39 is 0 Å². The van der Waals surface area contributed by atoms with Gasteiger partial charge in [-0.25, -0.2) is 0 Å². The second-order valence-corrected chi connectivity index (χ2v) is 11.5. The van der Waals surface area contributed by atoms with Crippen molar-refractivity contribution in [3.63, 3.8) is 0 Å². The fraction of sp³-hybridized carbons (Fsp3) is 0.310. The van der Waals surface area contributed by atoms with Gasteiger partial charge in [0.15, 0.2) is 5.58 Å². The Morgan fingerprint density at radius 3 is 2.53 bits per heavy atom. The van der Waals surface area contributed by atoms with Crippen LogP contribution in [0.4, 0.5) is 0 Å². The lowest BCUT2D eigenvalue weighted by atomic mass is 9.90. The summed E-state index contributed by atoms with van der Waals surface area (Å²) in [4.78, 5) is 5.86. The van der Waals surface area contributed by atoms with Crippen molar-refractivity contribution in [3.05, 3.63) is 86.4 Å². The molecule has 0 radical (unpaired) electrons. The molecule has 1 aliphatic heterocycles. The summed E-state index contributed by atoms with van der Waals surface area (Å²) >= 11 is 19.7. The van der Waals surface area contributed by atoms with Crippen molar-refractivity contribution in [1.82, 2.24) is 5.16 Å². The van der Waals surface area contributed by atoms with Crippen LogP contribution >= 0.6 is 34.8 Å². The molecule has 194 valence electrons. The van der Waals surface area contributed by atoms with E-state index in [2.05, 4.69) is 10.3 Å². The molecular formula is C29H23Cl3N2O4. The second-order valence-electron chi connectivity index (χ2n) is 10.3. The zero-order valence-corrected chi connectivity index (χ0v) is 22.4. The Bertz CT molecular complexity index is 1560. The number of oxime groups is 1. The minimum Gasteiger partial charge on any atom is -0.493 e. The average molecular weight is 570 g/mol. The van der Waals surface area contributed by atoms with E-state index >= 15 is 0 Å². The maximum atomic E-state index is 9.91. The van der Waals surface area contributed by atoms with E-state index in [1.165, 1.54) is 0 Å². The third kappa shape index (κ3) is 4.29. The van der Waals surface area contributed by atoms with Crippen LogP contribution in [0.3, 0.4) is 0 Å². The van der Waals surface area contributed by atoms with Crippen LogP contribution < -0.4 is 4.74 Å². The first kappa shape index (κ1) is 24.1. The van der Waals surface area contributed by atoms with E-state index in [9.17, 15) is 5.11 Å². The summed E-state index contributed by atoms with van der Waals surface area (Å²) < 4.78 is 11.4. The van der Waals surface area contributed by atoms with Gasteiger partial charge in [0.1, 0.15) is 24.2 Å². The first-order valence-corrected chi connectivity index (χ1v) is 13.8. The summed E-state index contributed by atoms with van der Waals surface area (Å²) in [6, 6.07) is 17.1. The lowest BCUT2D eigenvalue weighted by Gasteiger charge is -2.20. The molecule has 1 N–H and O–H groups in total. The predicted octanol–water partition coefficient (Wildman–Crippen LogP) is 7.97. The van der Waals surface area contributed by atoms with Gasteiger partial charge in [0.25, 0.3) is 5.88 Å². The maximum Gasteiger partial charge on any atom is 0.259 e. The minimum atomic E-state index is -0.0880. The topological polar surface area (TPSA) is 77.1 Å². The van der Waals surface area contributed by atoms with Crippen molar-refractivity contribution in [2.45, 2.75) is 37.2 Å². The van der Waals surface area contributed by atoms with Gasteiger partial charge in [0, 0.05) is 10.6 Å². The van der Waals surface area contributed by atoms with E-state index in [0.717, 1.165) is 36.1 Å². The molecule has 9 heteroatoms. The molecule has 2 heterocycles. The van der Waals surface area contributed by atoms with Crippen LogP contribution in [0.25, 0.3) is 11.0 Å². The molecule has 4 unspecified atom stereocenters. The number of fused-ring (bicyclic) bond motifs is 1. The minimum absolute atomic E-state index is 0.0542. The summed E-state index contributed by atoms with van der Waals surface area (Å²) in [6.45, 7) is 0.380. The van der Waals surface area contributed by atoms with Crippen molar-refractivity contribution >= 4 is 51.5 Å². The molecule has 0 amide bonds. The van der Waals surface area contributed by atoms with Gasteiger partial charge < -0.3 is 19.2 Å². The Morgan fingerprint density at radius 1 is 0.947 bits per heavy atom. The number of halogens is 3. The Labute approximate surface area is 234 Å². The Balaban J connectivity index is 1.07. The highest BCUT2D eigenvalue weighted by atomic mass is 35.5. The molecule has 3 aliphatic rings. The van der Waals surface area contributed by atoms with E-state index in [1.807, 2.05) is 54.6 Å². The maximum absolute atomic E-state index is 9.91. The molecule has 7 rings (SSSR count). The van der Waals surface area contributed by atoms with Gasteiger partial charge in [-0.05, 0) is 89.7 Å². The molecule has 38 heavy (non-hydrogen) atoms. The van der Waals surface area contributed by atoms with Crippen LogP contribution in [0.1, 0.15) is 47.8 Å². The molecule has 0 spiro atoms. The number of hydrogen-bond donors (Lipinski definition) is 1. The van der Waals surface area contributed by atoms with Gasteiger partial charge >= 0.3 is 0 Å². The lowest BCUT2D eigenvalue weighted by molar-refractivity contribution is 0.0340. The molecule has 2 fully saturated rings. The van der Waals surface area contributed by atoms with Crippen LogP contribution in [-0.2, 0) is 4.84 Å². The van der Waals surface area contributed by atoms with Crippen LogP contribution in [0.15, 0.2) is 64.3 Å². The number of ether oxygens (including phenoxy) is 1. The van der Waals surface area contributed by atoms with Crippen molar-refractivity contribution in [1.29, 1.82) is 0 Å². The first-order valence-electron chi connectivity index (χ1n) is 12.7. The van der Waals surface area contributed by atoms with Gasteiger partial charge in [-0.3, -0.25) is 0 Å². The molecule has 1 aromatic heterocycles. The standard InChI is InChI=1S/C29H23Cl3N2O4/c30-22-2-1-3-23(31)26(22)27-21(28(38-33-27)14-4-5-14)13-36-16-7-8-17(24(32)11-16)19-12-18(19)15-6-9-25-20(10-15)29(35)34-37-25/h1-3,6-11,14,18-19,21,28H,4-5,12-13H2,(H,34,35). The van der Waals surface area contributed by atoms with Gasteiger partial charge in [-0.15, -0.1) is 0 Å². The van der Waals surface area contributed by atoms with Crippen molar-refractivity contribution in [2.24, 2.45) is 17.0 Å². The molecule has 0 bridgehead atoms. The summed E-state index contributed by atoms with van der Waals surface area (Å²) in [6.07, 6.45) is 3.17. The Hall–Kier alpha value is -2.93. The monoisotopic (exact) mass is 568 g/mol. The lowest BCUT2D eigenvalue weighted by Crippen LogP contribution is -2.31. The predicted molar refractivity (Wildman–Crippen MR) is 147 cm³/mol. The molecule has 2 aliphatic carbocycles. The SMILES string of the molecule is Oc1noc2ccc(C3CC3c3ccc(OCC4C(c5c(Cl)cccc5Cl)=NOC4C4CC4)cc3Cl)cc12. The summed E-state index contributed by atoms with van der Waals surface area (Å²) in [5, 5.41) is 20.3. The normalized spacial score (nSPS) is 24.3. The fourth-order valence-electron chi connectivity index (χ4n) is 5.57. The molecule has 2 saturated carbocycles. The highest BCUT2D eigenvalue weighted by Crippen LogP contribution is 2.57. The van der Waals surface area contributed by atoms with E-state index in [-0.39, 0.29) is 17.9 Å². The van der Waals surface area contributed by atoms with E-state index in [1.54, 1.807) is 0 Å². The van der Waals surface area contributed by atoms with Crippen LogP contribution in [0.2, 0.25) is 15.1 Å². The molecule has 4 atom stereocenters. The Morgan fingerprint density at radius 2 is 1.76 bits per heavy atom. The molecular weight excluding hydrogens is 547 g/mol. The van der Waals surface area contributed by atoms with Gasteiger partial charge in [-0.1, -0.05) is 58.2 Å². The molecule has 4 aromatic rings. The number of rotatable bonds is 7. The highest BCUT2D eigenvalue weighted by Gasteiger charge is 2.46. The molecule has 0 saturated heterocycles. The quantitative estimate of drug-likeness (QED) is 0.244. The summed E-state index contributed by atoms with van der Waals surface area (Å²) in [5.41, 5.74) is 4.23. The average Bonchev–Trinajstić information content (AvgIpc) is 3.83. The largest absolute Gasteiger partial charge is 0.493 e. The van der Waals surface area contributed by atoms with Gasteiger partial charge in [-0.2, -0.15) is 0 Å².